The van der Waals surface area contributed by atoms with Gasteiger partial charge >= 0.3 is 6.09 Å². The van der Waals surface area contributed by atoms with Crippen LogP contribution in [0.5, 0.6) is 5.75 Å². The first-order chi connectivity index (χ1) is 15.6. The Morgan fingerprint density at radius 2 is 1.82 bits per heavy atom. The number of thiazole rings is 1. The lowest BCUT2D eigenvalue weighted by Crippen LogP contribution is -2.27. The molecule has 0 aliphatic carbocycles. The number of amides is 2. The number of halogens is 2. The van der Waals surface area contributed by atoms with Crippen molar-refractivity contribution in [3.05, 3.63) is 69.4 Å². The number of ether oxygens (including phenoxy) is 2. The van der Waals surface area contributed by atoms with Gasteiger partial charge < -0.3 is 14.8 Å². The van der Waals surface area contributed by atoms with Gasteiger partial charge in [0.15, 0.2) is 0 Å². The molecule has 2 amide bonds. The first kappa shape index (κ1) is 24.5. The Kier molecular flexibility index (Phi) is 7.88. The van der Waals surface area contributed by atoms with Crippen LogP contribution in [0.4, 0.5) is 20.6 Å². The number of nitrogens with zero attached hydrogens (tertiary/aromatic N) is 1. The zero-order valence-corrected chi connectivity index (χ0v) is 19.8. The molecule has 0 atom stereocenters. The molecule has 0 radical (unpaired) electrons. The molecular weight excluding hydrogens is 469 g/mol. The molecule has 3 aromatic rings. The Morgan fingerprint density at radius 3 is 2.52 bits per heavy atom. The Labute approximate surface area is 199 Å². The van der Waals surface area contributed by atoms with Crippen LogP contribution in [-0.4, -0.2) is 22.6 Å². The molecule has 0 unspecified atom stereocenters. The fraction of sp³-hybridized carbons (Fsp3) is 0.261. The van der Waals surface area contributed by atoms with Gasteiger partial charge in [0.2, 0.25) is 5.91 Å². The van der Waals surface area contributed by atoms with E-state index in [0.717, 1.165) is 6.07 Å². The molecule has 0 fully saturated rings. The number of hydrogen-bond donors (Lipinski definition) is 2. The fourth-order valence-corrected chi connectivity index (χ4v) is 3.50. The first-order valence-corrected chi connectivity index (χ1v) is 11.2. The van der Waals surface area contributed by atoms with Gasteiger partial charge in [0.1, 0.15) is 28.8 Å². The number of carbonyl (C=O) groups is 2. The molecule has 0 aliphatic heterocycles. The maximum Gasteiger partial charge on any atom is 0.412 e. The lowest BCUT2D eigenvalue weighted by atomic mass is 10.2. The Morgan fingerprint density at radius 1 is 1.09 bits per heavy atom. The zero-order valence-electron chi connectivity index (χ0n) is 18.3. The summed E-state index contributed by atoms with van der Waals surface area (Å²) < 4.78 is 24.6. The van der Waals surface area contributed by atoms with E-state index >= 15 is 0 Å². The van der Waals surface area contributed by atoms with Crippen LogP contribution in [0.2, 0.25) is 5.02 Å². The van der Waals surface area contributed by atoms with Crippen LogP contribution in [0.25, 0.3) is 0 Å². The Hall–Kier alpha value is -3.17. The lowest BCUT2D eigenvalue weighted by molar-refractivity contribution is -0.115. The van der Waals surface area contributed by atoms with E-state index in [1.54, 1.807) is 50.4 Å². The second kappa shape index (κ2) is 10.6. The maximum atomic E-state index is 13.8. The van der Waals surface area contributed by atoms with E-state index < -0.39 is 23.4 Å². The Balaban J connectivity index is 1.59. The van der Waals surface area contributed by atoms with Crippen molar-refractivity contribution < 1.29 is 23.5 Å². The van der Waals surface area contributed by atoms with Gasteiger partial charge in [-0.2, -0.15) is 0 Å². The maximum absolute atomic E-state index is 13.8. The molecule has 0 aliphatic rings. The normalized spacial score (nSPS) is 11.1. The van der Waals surface area contributed by atoms with Gasteiger partial charge in [-0.1, -0.05) is 11.6 Å². The number of carbonyl (C=O) groups excluding carboxylic acids is 2. The summed E-state index contributed by atoms with van der Waals surface area (Å²) in [7, 11) is 0. The van der Waals surface area contributed by atoms with Crippen LogP contribution in [-0.2, 0) is 22.6 Å². The molecule has 2 aromatic carbocycles. The zero-order chi connectivity index (χ0) is 24.0. The molecule has 7 nitrogen and oxygen atoms in total. The number of nitrogens with one attached hydrogen (secondary N) is 2. The van der Waals surface area contributed by atoms with Crippen molar-refractivity contribution in [1.82, 2.24) is 4.98 Å². The minimum absolute atomic E-state index is 0.0279. The first-order valence-electron chi connectivity index (χ1n) is 9.98. The third-order valence-electron chi connectivity index (χ3n) is 4.01. The average molecular weight is 492 g/mol. The summed E-state index contributed by atoms with van der Waals surface area (Å²) in [6.07, 6.45) is -0.741. The number of benzene rings is 2. The molecule has 0 saturated carbocycles. The third-order valence-corrected chi connectivity index (χ3v) is 5.13. The molecule has 10 heteroatoms. The van der Waals surface area contributed by atoms with E-state index in [1.807, 2.05) is 0 Å². The summed E-state index contributed by atoms with van der Waals surface area (Å²) >= 11 is 7.22. The molecule has 0 spiro atoms. The van der Waals surface area contributed by atoms with Gasteiger partial charge in [-0.3, -0.25) is 10.1 Å². The van der Waals surface area contributed by atoms with Gasteiger partial charge in [-0.15, -0.1) is 11.3 Å². The van der Waals surface area contributed by atoms with E-state index in [2.05, 4.69) is 15.6 Å². The van der Waals surface area contributed by atoms with E-state index in [-0.39, 0.29) is 24.4 Å². The summed E-state index contributed by atoms with van der Waals surface area (Å²) in [5, 5.41) is 8.21. The van der Waals surface area contributed by atoms with E-state index in [0.29, 0.717) is 21.5 Å². The van der Waals surface area contributed by atoms with Crippen LogP contribution < -0.4 is 15.4 Å². The molecule has 1 aromatic heterocycles. The molecule has 3 rings (SSSR count). The van der Waals surface area contributed by atoms with Gasteiger partial charge in [0, 0.05) is 10.4 Å². The monoisotopic (exact) mass is 491 g/mol. The van der Waals surface area contributed by atoms with Crippen LogP contribution in [0.3, 0.4) is 0 Å². The lowest BCUT2D eigenvalue weighted by Gasteiger charge is -2.20. The summed E-state index contributed by atoms with van der Waals surface area (Å²) in [5.74, 6) is -0.316. The molecule has 0 bridgehead atoms. The van der Waals surface area contributed by atoms with Crippen LogP contribution in [0.1, 0.15) is 31.5 Å². The smallest absolute Gasteiger partial charge is 0.412 e. The second-order valence-corrected chi connectivity index (χ2v) is 9.40. The molecule has 1 heterocycles. The highest BCUT2D eigenvalue weighted by Gasteiger charge is 2.18. The van der Waals surface area contributed by atoms with Crippen molar-refractivity contribution in [2.45, 2.75) is 39.4 Å². The second-order valence-electron chi connectivity index (χ2n) is 8.02. The van der Waals surface area contributed by atoms with E-state index in [4.69, 9.17) is 21.1 Å². The van der Waals surface area contributed by atoms with Crippen molar-refractivity contribution in [2.24, 2.45) is 0 Å². The minimum atomic E-state index is -0.713. The van der Waals surface area contributed by atoms with Crippen LogP contribution in [0.15, 0.2) is 47.8 Å². The SMILES string of the molecule is CC(C)(C)OC(=O)Nc1ccc(F)cc1NC(=O)Cc1csc(COc2ccc(Cl)cc2)n1. The molecule has 174 valence electrons. The minimum Gasteiger partial charge on any atom is -0.486 e. The van der Waals surface area contributed by atoms with Crippen molar-refractivity contribution in [3.8, 4) is 5.75 Å². The van der Waals surface area contributed by atoms with Crippen molar-refractivity contribution in [1.29, 1.82) is 0 Å². The standard InChI is InChI=1S/C23H23ClFN3O4S/c1-23(2,3)32-22(30)28-18-9-6-15(25)10-19(18)27-20(29)11-16-13-33-21(26-16)12-31-17-7-4-14(24)5-8-17/h4-10,13H,11-12H2,1-3H3,(H,27,29)(H,28,30). The fourth-order valence-electron chi connectivity index (χ4n) is 2.67. The molecule has 0 saturated heterocycles. The highest BCUT2D eigenvalue weighted by Crippen LogP contribution is 2.24. The predicted octanol–water partition coefficient (Wildman–Crippen LogP) is 6.04. The van der Waals surface area contributed by atoms with Crippen molar-refractivity contribution in [3.63, 3.8) is 0 Å². The number of aromatic nitrogens is 1. The third kappa shape index (κ3) is 8.03. The Bertz CT molecular complexity index is 1130. The predicted molar refractivity (Wildman–Crippen MR) is 126 cm³/mol. The quantitative estimate of drug-likeness (QED) is 0.420. The summed E-state index contributed by atoms with van der Waals surface area (Å²) in [6.45, 7) is 5.43. The van der Waals surface area contributed by atoms with Gasteiger partial charge in [-0.25, -0.2) is 14.2 Å². The molecule has 33 heavy (non-hydrogen) atoms. The van der Waals surface area contributed by atoms with Gasteiger partial charge in [-0.05, 0) is 63.2 Å². The average Bonchev–Trinajstić information content (AvgIpc) is 3.15. The molecule has 2 N–H and O–H groups in total. The molecular formula is C23H23ClFN3O4S. The topological polar surface area (TPSA) is 89.6 Å². The van der Waals surface area contributed by atoms with E-state index in [9.17, 15) is 14.0 Å². The highest BCUT2D eigenvalue weighted by atomic mass is 35.5. The van der Waals surface area contributed by atoms with Crippen molar-refractivity contribution >= 4 is 46.3 Å². The summed E-state index contributed by atoms with van der Waals surface area (Å²) in [4.78, 5) is 29.0. The number of hydrogen-bond acceptors (Lipinski definition) is 6. The van der Waals surface area contributed by atoms with Gasteiger partial charge in [0.05, 0.1) is 23.5 Å². The van der Waals surface area contributed by atoms with Crippen LogP contribution >= 0.6 is 22.9 Å². The van der Waals surface area contributed by atoms with Crippen molar-refractivity contribution in [2.75, 3.05) is 10.6 Å². The summed E-state index contributed by atoms with van der Waals surface area (Å²) in [6, 6.07) is 10.6. The highest BCUT2D eigenvalue weighted by molar-refractivity contribution is 7.09. The number of rotatable bonds is 7. The van der Waals surface area contributed by atoms with E-state index in [1.165, 1.54) is 23.5 Å². The summed E-state index contributed by atoms with van der Waals surface area (Å²) in [5.41, 5.74) is 0.180. The largest absolute Gasteiger partial charge is 0.486 e. The van der Waals surface area contributed by atoms with Crippen LogP contribution in [0, 0.1) is 5.82 Å². The number of anilines is 2. The van der Waals surface area contributed by atoms with Gasteiger partial charge in [0.25, 0.3) is 0 Å².